The van der Waals surface area contributed by atoms with Crippen molar-refractivity contribution < 1.29 is 14.3 Å². The van der Waals surface area contributed by atoms with Crippen LogP contribution in [0.3, 0.4) is 0 Å². The summed E-state index contributed by atoms with van der Waals surface area (Å²) in [4.78, 5) is 11.8. The Labute approximate surface area is 125 Å². The fourth-order valence-corrected chi connectivity index (χ4v) is 2.89. The summed E-state index contributed by atoms with van der Waals surface area (Å²) >= 11 is 3.12. The van der Waals surface area contributed by atoms with Gasteiger partial charge in [0.25, 0.3) is 0 Å². The highest BCUT2D eigenvalue weighted by Gasteiger charge is 2.15. The number of hydrogen-bond acceptors (Lipinski definition) is 2. The Kier molecular flexibility index (Phi) is 5.23. The molecule has 1 aromatic carbocycles. The fraction of sp³-hybridized carbons (Fsp3) is 0.500. The number of nitrogens with one attached hydrogen (secondary N) is 2. The topological polar surface area (TPSA) is 61.4 Å². The van der Waals surface area contributed by atoms with E-state index in [0.717, 1.165) is 18.9 Å². The number of amides is 2. The molecular formula is C14H18BrFN2O2. The summed E-state index contributed by atoms with van der Waals surface area (Å²) in [7, 11) is 0. The maximum absolute atomic E-state index is 13.3. The third kappa shape index (κ3) is 4.10. The molecule has 1 fully saturated rings. The first kappa shape index (κ1) is 15.1. The van der Waals surface area contributed by atoms with Gasteiger partial charge in [-0.2, -0.15) is 0 Å². The Bertz CT molecular complexity index is 490. The van der Waals surface area contributed by atoms with Crippen LogP contribution in [0.4, 0.5) is 14.9 Å². The van der Waals surface area contributed by atoms with Crippen LogP contribution in [0.1, 0.15) is 32.1 Å². The summed E-state index contributed by atoms with van der Waals surface area (Å²) < 4.78 is 13.8. The molecule has 2 rings (SSSR count). The number of carbonyl (C=O) groups is 1. The Morgan fingerprint density at radius 2 is 2.05 bits per heavy atom. The molecule has 20 heavy (non-hydrogen) atoms. The third-order valence-electron chi connectivity index (χ3n) is 3.55. The number of hydrogen-bond donors (Lipinski definition) is 3. The van der Waals surface area contributed by atoms with Crippen LogP contribution >= 0.6 is 15.9 Å². The van der Waals surface area contributed by atoms with Crippen molar-refractivity contribution in [1.82, 2.24) is 5.32 Å². The molecule has 4 nitrogen and oxygen atoms in total. The van der Waals surface area contributed by atoms with Crippen molar-refractivity contribution in [3.63, 3.8) is 0 Å². The van der Waals surface area contributed by atoms with Crippen LogP contribution in [0.15, 0.2) is 16.6 Å². The van der Waals surface area contributed by atoms with Crippen molar-refractivity contribution >= 4 is 27.6 Å². The van der Waals surface area contributed by atoms with Gasteiger partial charge in [0.1, 0.15) is 0 Å². The van der Waals surface area contributed by atoms with Gasteiger partial charge >= 0.3 is 6.03 Å². The van der Waals surface area contributed by atoms with Crippen LogP contribution < -0.4 is 10.6 Å². The van der Waals surface area contributed by atoms with Gasteiger partial charge in [0, 0.05) is 11.0 Å². The molecule has 3 N–H and O–H groups in total. The van der Waals surface area contributed by atoms with E-state index in [2.05, 4.69) is 26.6 Å². The summed E-state index contributed by atoms with van der Waals surface area (Å²) in [5.41, 5.74) is 0.0537. The molecule has 0 aromatic heterocycles. The first-order valence-electron chi connectivity index (χ1n) is 6.79. The third-order valence-corrected chi connectivity index (χ3v) is 4.01. The Hall–Kier alpha value is -1.30. The Morgan fingerprint density at radius 1 is 1.35 bits per heavy atom. The van der Waals surface area contributed by atoms with Gasteiger partial charge in [-0.25, -0.2) is 9.18 Å². The molecule has 0 unspecified atom stereocenters. The van der Waals surface area contributed by atoms with E-state index >= 15 is 0 Å². The molecule has 1 aliphatic rings. The number of rotatable bonds is 3. The number of phenols is 1. The highest BCUT2D eigenvalue weighted by atomic mass is 79.9. The number of anilines is 1. The molecule has 2 amide bonds. The number of carbonyl (C=O) groups excluding carboxylic acids is 1. The van der Waals surface area contributed by atoms with Crippen molar-refractivity contribution in [2.24, 2.45) is 5.92 Å². The molecule has 0 aliphatic heterocycles. The van der Waals surface area contributed by atoms with Crippen LogP contribution in [0.25, 0.3) is 0 Å². The van der Waals surface area contributed by atoms with Crippen molar-refractivity contribution in [2.75, 3.05) is 11.9 Å². The van der Waals surface area contributed by atoms with E-state index in [1.54, 1.807) is 0 Å². The number of phenolic OH excluding ortho intramolecular Hbond substituents is 1. The van der Waals surface area contributed by atoms with E-state index in [0.29, 0.717) is 16.9 Å². The second-order valence-electron chi connectivity index (χ2n) is 5.12. The Morgan fingerprint density at radius 3 is 2.75 bits per heavy atom. The van der Waals surface area contributed by atoms with E-state index in [-0.39, 0.29) is 5.69 Å². The maximum atomic E-state index is 13.3. The maximum Gasteiger partial charge on any atom is 0.319 e. The van der Waals surface area contributed by atoms with E-state index in [1.807, 2.05) is 0 Å². The minimum atomic E-state index is -0.776. The van der Waals surface area contributed by atoms with Crippen LogP contribution in [0.2, 0.25) is 0 Å². The van der Waals surface area contributed by atoms with Crippen LogP contribution in [0, 0.1) is 11.7 Å². The standard InChI is InChI=1S/C14H18BrFN2O2/c15-10-6-11(16)13(19)12(7-10)18-14(20)17-8-9-4-2-1-3-5-9/h6-7,9,19H,1-5,8H2,(H2,17,18,20). The summed E-state index contributed by atoms with van der Waals surface area (Å²) in [5, 5.41) is 14.8. The molecule has 1 saturated carbocycles. The smallest absolute Gasteiger partial charge is 0.319 e. The average molecular weight is 345 g/mol. The van der Waals surface area contributed by atoms with E-state index in [1.165, 1.54) is 25.3 Å². The zero-order valence-corrected chi connectivity index (χ0v) is 12.7. The number of aromatic hydroxyl groups is 1. The van der Waals surface area contributed by atoms with Crippen LogP contribution in [-0.2, 0) is 0 Å². The molecule has 1 aliphatic carbocycles. The normalized spacial score (nSPS) is 15.9. The van der Waals surface area contributed by atoms with E-state index < -0.39 is 17.6 Å². The number of urea groups is 1. The molecular weight excluding hydrogens is 327 g/mol. The lowest BCUT2D eigenvalue weighted by molar-refractivity contribution is 0.247. The average Bonchev–Trinajstić information content (AvgIpc) is 2.43. The van der Waals surface area contributed by atoms with Crippen LogP contribution in [-0.4, -0.2) is 17.7 Å². The Balaban J connectivity index is 1.88. The summed E-state index contributed by atoms with van der Waals surface area (Å²) in [6, 6.07) is 2.17. The molecule has 0 bridgehead atoms. The first-order valence-corrected chi connectivity index (χ1v) is 7.58. The minimum absolute atomic E-state index is 0.0537. The SMILES string of the molecule is O=C(NCC1CCCCC1)Nc1cc(Br)cc(F)c1O. The zero-order valence-electron chi connectivity index (χ0n) is 11.1. The van der Waals surface area contributed by atoms with Crippen molar-refractivity contribution in [3.8, 4) is 5.75 Å². The lowest BCUT2D eigenvalue weighted by Gasteiger charge is -2.21. The summed E-state index contributed by atoms with van der Waals surface area (Å²) in [5.74, 6) is -0.815. The van der Waals surface area contributed by atoms with Crippen molar-refractivity contribution in [1.29, 1.82) is 0 Å². The van der Waals surface area contributed by atoms with Gasteiger partial charge in [-0.05, 0) is 30.9 Å². The molecule has 110 valence electrons. The largest absolute Gasteiger partial charge is 0.503 e. The van der Waals surface area contributed by atoms with Gasteiger partial charge in [0.15, 0.2) is 11.6 Å². The van der Waals surface area contributed by atoms with E-state index in [9.17, 15) is 14.3 Å². The lowest BCUT2D eigenvalue weighted by atomic mass is 9.89. The van der Waals surface area contributed by atoms with Gasteiger partial charge in [-0.3, -0.25) is 0 Å². The van der Waals surface area contributed by atoms with Crippen molar-refractivity contribution in [2.45, 2.75) is 32.1 Å². The monoisotopic (exact) mass is 344 g/mol. The molecule has 1 aromatic rings. The van der Waals surface area contributed by atoms with Crippen LogP contribution in [0.5, 0.6) is 5.75 Å². The molecule has 0 atom stereocenters. The molecule has 0 radical (unpaired) electrons. The quantitative estimate of drug-likeness (QED) is 0.726. The minimum Gasteiger partial charge on any atom is -0.503 e. The molecule has 6 heteroatoms. The summed E-state index contributed by atoms with van der Waals surface area (Å²) in [6.45, 7) is 0.614. The second kappa shape index (κ2) is 6.92. The number of halogens is 2. The highest BCUT2D eigenvalue weighted by Crippen LogP contribution is 2.30. The van der Waals surface area contributed by atoms with Gasteiger partial charge in [-0.1, -0.05) is 35.2 Å². The molecule has 0 saturated heterocycles. The highest BCUT2D eigenvalue weighted by molar-refractivity contribution is 9.10. The predicted octanol–water partition coefficient (Wildman–Crippen LogP) is 4.00. The molecule has 0 heterocycles. The zero-order chi connectivity index (χ0) is 14.5. The van der Waals surface area contributed by atoms with Gasteiger partial charge in [-0.15, -0.1) is 0 Å². The predicted molar refractivity (Wildman–Crippen MR) is 79.4 cm³/mol. The fourth-order valence-electron chi connectivity index (χ4n) is 2.46. The lowest BCUT2D eigenvalue weighted by Crippen LogP contribution is -2.33. The van der Waals surface area contributed by atoms with Gasteiger partial charge in [0.2, 0.25) is 0 Å². The second-order valence-corrected chi connectivity index (χ2v) is 6.04. The number of benzene rings is 1. The van der Waals surface area contributed by atoms with Crippen molar-refractivity contribution in [3.05, 3.63) is 22.4 Å². The summed E-state index contributed by atoms with van der Waals surface area (Å²) in [6.07, 6.45) is 5.97. The van der Waals surface area contributed by atoms with Gasteiger partial charge in [0.05, 0.1) is 5.69 Å². The van der Waals surface area contributed by atoms with E-state index in [4.69, 9.17) is 0 Å². The van der Waals surface area contributed by atoms with Gasteiger partial charge < -0.3 is 15.7 Å². The molecule has 0 spiro atoms. The first-order chi connectivity index (χ1) is 9.56.